The largest absolute Gasteiger partial charge is 0.481 e. The van der Waals surface area contributed by atoms with Crippen LogP contribution in [0.15, 0.2) is 0 Å². The Hall–Kier alpha value is -3.84. The third-order valence-electron chi connectivity index (χ3n) is 4.36. The van der Waals surface area contributed by atoms with E-state index in [4.69, 9.17) is 20.4 Å². The number of Topliss-reactive ketones (excluding diaryl/α,β-unsaturated/α-hetero) is 2. The van der Waals surface area contributed by atoms with Crippen LogP contribution >= 0.6 is 0 Å². The maximum Gasteiger partial charge on any atom is 0.326 e. The highest BCUT2D eigenvalue weighted by molar-refractivity contribution is 5.97. The van der Waals surface area contributed by atoms with Gasteiger partial charge in [0.05, 0.1) is 31.2 Å². The highest BCUT2D eigenvalue weighted by Gasteiger charge is 2.32. The fourth-order valence-corrected chi connectivity index (χ4v) is 2.75. The van der Waals surface area contributed by atoms with Gasteiger partial charge < -0.3 is 35.9 Å². The summed E-state index contributed by atoms with van der Waals surface area (Å²) in [5.74, 6) is -12.0. The van der Waals surface area contributed by atoms with Crippen molar-refractivity contribution in [2.75, 3.05) is 0 Å². The minimum Gasteiger partial charge on any atom is -0.481 e. The second-order valence-electron chi connectivity index (χ2n) is 7.43. The van der Waals surface area contributed by atoms with Crippen LogP contribution in [0.2, 0.25) is 0 Å². The summed E-state index contributed by atoms with van der Waals surface area (Å²) in [5.41, 5.74) is 0. The van der Waals surface area contributed by atoms with Gasteiger partial charge in [0.1, 0.15) is 11.8 Å². The summed E-state index contributed by atoms with van der Waals surface area (Å²) < 4.78 is 0. The summed E-state index contributed by atoms with van der Waals surface area (Å²) >= 11 is 0. The molecule has 0 saturated carbocycles. The van der Waals surface area contributed by atoms with E-state index in [0.717, 1.165) is 6.92 Å². The van der Waals surface area contributed by atoms with Crippen LogP contribution in [0.1, 0.15) is 46.0 Å². The number of carbonyl (C=O) groups excluding carboxylic acids is 4. The highest BCUT2D eigenvalue weighted by Crippen LogP contribution is 2.13. The molecule has 33 heavy (non-hydrogen) atoms. The van der Waals surface area contributed by atoms with E-state index in [1.54, 1.807) is 0 Å². The van der Waals surface area contributed by atoms with Crippen LogP contribution in [-0.2, 0) is 38.4 Å². The Morgan fingerprint density at radius 1 is 0.636 bits per heavy atom. The average Bonchev–Trinajstić information content (AvgIpc) is 2.64. The van der Waals surface area contributed by atoms with Crippen molar-refractivity contribution in [3.8, 4) is 0 Å². The number of carboxylic acids is 4. The van der Waals surface area contributed by atoms with E-state index in [0.29, 0.717) is 0 Å². The summed E-state index contributed by atoms with van der Waals surface area (Å²) in [7, 11) is 0. The van der Waals surface area contributed by atoms with E-state index >= 15 is 0 Å². The van der Waals surface area contributed by atoms with E-state index < -0.39 is 103 Å². The molecule has 0 aromatic rings. The van der Waals surface area contributed by atoms with E-state index in [2.05, 4.69) is 5.32 Å². The fourth-order valence-electron chi connectivity index (χ4n) is 2.75. The lowest BCUT2D eigenvalue weighted by Crippen LogP contribution is -2.48. The average molecular weight is 474 g/mol. The molecule has 0 aliphatic carbocycles. The topological polar surface area (TPSA) is 242 Å². The van der Waals surface area contributed by atoms with Crippen LogP contribution in [-0.4, -0.2) is 79.8 Å². The van der Waals surface area contributed by atoms with Gasteiger partial charge in [0.25, 0.3) is 0 Å². The predicted octanol–water partition coefficient (Wildman–Crippen LogP) is -1.34. The van der Waals surface area contributed by atoms with Crippen molar-refractivity contribution in [3.63, 3.8) is 0 Å². The molecule has 0 heterocycles. The Kier molecular flexibility index (Phi) is 12.0. The van der Waals surface area contributed by atoms with E-state index in [9.17, 15) is 38.4 Å². The first-order chi connectivity index (χ1) is 15.1. The van der Waals surface area contributed by atoms with Gasteiger partial charge in [0, 0.05) is 18.8 Å². The van der Waals surface area contributed by atoms with Gasteiger partial charge in [-0.2, -0.15) is 0 Å². The van der Waals surface area contributed by atoms with Gasteiger partial charge in [-0.05, 0) is 6.92 Å². The molecule has 0 saturated heterocycles. The number of hydrogen-bond donors (Lipinski definition) is 6. The fraction of sp³-hybridized carbons (Fsp3) is 0.579. The van der Waals surface area contributed by atoms with Crippen molar-refractivity contribution >= 4 is 47.3 Å². The third-order valence-corrected chi connectivity index (χ3v) is 4.36. The van der Waals surface area contributed by atoms with Gasteiger partial charge in [-0.15, -0.1) is 0 Å². The van der Waals surface area contributed by atoms with Crippen molar-refractivity contribution in [2.45, 2.75) is 58.0 Å². The first-order valence-corrected chi connectivity index (χ1v) is 9.65. The molecular weight excluding hydrogens is 448 g/mol. The Balaban J connectivity index is 5.36. The number of aliphatic carboxylic acids is 4. The number of carboxylic acid groups (broad SMARTS) is 4. The first-order valence-electron chi connectivity index (χ1n) is 9.65. The highest BCUT2D eigenvalue weighted by atomic mass is 16.4. The number of amides is 2. The van der Waals surface area contributed by atoms with Crippen LogP contribution in [0.25, 0.3) is 0 Å². The zero-order valence-electron chi connectivity index (χ0n) is 17.9. The molecule has 184 valence electrons. The molecule has 0 aromatic carbocycles. The van der Waals surface area contributed by atoms with Gasteiger partial charge in [-0.3, -0.25) is 28.8 Å². The van der Waals surface area contributed by atoms with E-state index in [1.165, 1.54) is 6.92 Å². The summed E-state index contributed by atoms with van der Waals surface area (Å²) in [4.78, 5) is 92.2. The third kappa shape index (κ3) is 11.9. The van der Waals surface area contributed by atoms with Gasteiger partial charge in [-0.1, -0.05) is 6.92 Å². The molecule has 6 N–H and O–H groups in total. The van der Waals surface area contributed by atoms with Gasteiger partial charge in [0.15, 0.2) is 5.78 Å². The molecule has 0 aliphatic heterocycles. The van der Waals surface area contributed by atoms with Crippen molar-refractivity contribution < 1.29 is 58.8 Å². The summed E-state index contributed by atoms with van der Waals surface area (Å²) in [5, 5.41) is 39.7. The van der Waals surface area contributed by atoms with Crippen molar-refractivity contribution in [2.24, 2.45) is 11.8 Å². The summed E-state index contributed by atoms with van der Waals surface area (Å²) in [6.07, 6.45) is -3.64. The van der Waals surface area contributed by atoms with Crippen LogP contribution < -0.4 is 10.6 Å². The number of nitrogens with one attached hydrogen (secondary N) is 2. The maximum atomic E-state index is 12.5. The molecule has 2 amide bonds. The van der Waals surface area contributed by atoms with Gasteiger partial charge >= 0.3 is 23.9 Å². The second-order valence-corrected chi connectivity index (χ2v) is 7.43. The Labute approximate surface area is 187 Å². The molecule has 0 radical (unpaired) electrons. The number of rotatable bonds is 16. The zero-order chi connectivity index (χ0) is 25.9. The van der Waals surface area contributed by atoms with E-state index in [1.807, 2.05) is 5.32 Å². The normalized spacial score (nSPS) is 14.1. The zero-order valence-corrected chi connectivity index (χ0v) is 17.9. The van der Waals surface area contributed by atoms with Crippen molar-refractivity contribution in [1.29, 1.82) is 0 Å². The molecule has 0 spiro atoms. The number of hydrogen-bond acceptors (Lipinski definition) is 8. The summed E-state index contributed by atoms with van der Waals surface area (Å²) in [6, 6.07) is -3.41. The Bertz CT molecular complexity index is 806. The standard InChI is InChI=1S/C19H26N2O12/c1-8(17(30)21-12(19(32)33)7-16(28)29)3-13(23)11(6-15(26)27)20-18(31)10(4-9(2)22)5-14(24)25/h8,10-12H,3-7H2,1-2H3,(H,20,31)(H,21,30)(H,24,25)(H,26,27)(H,28,29)(H,32,33)/t8-,10+,11+,12+/m1/s1. The molecule has 0 aliphatic rings. The maximum absolute atomic E-state index is 12.5. The Morgan fingerprint density at radius 3 is 1.52 bits per heavy atom. The minimum atomic E-state index is -1.76. The molecule has 14 heteroatoms. The SMILES string of the molecule is CC(=O)C[C@@H](CC(=O)O)C(=O)N[C@@H](CC(=O)O)C(=O)C[C@@H](C)C(=O)N[C@@H](CC(=O)O)C(=O)O. The smallest absolute Gasteiger partial charge is 0.326 e. The molecule has 4 atom stereocenters. The number of carbonyl (C=O) groups is 8. The van der Waals surface area contributed by atoms with Gasteiger partial charge in [0.2, 0.25) is 11.8 Å². The molecule has 0 bridgehead atoms. The van der Waals surface area contributed by atoms with Crippen LogP contribution in [0.5, 0.6) is 0 Å². The molecule has 0 aromatic heterocycles. The lowest BCUT2D eigenvalue weighted by Gasteiger charge is -2.21. The van der Waals surface area contributed by atoms with Crippen LogP contribution in [0, 0.1) is 11.8 Å². The minimum absolute atomic E-state index is 0.453. The molecule has 14 nitrogen and oxygen atoms in total. The molecule has 0 unspecified atom stereocenters. The monoisotopic (exact) mass is 474 g/mol. The first kappa shape index (κ1) is 29.2. The number of ketones is 2. The van der Waals surface area contributed by atoms with Crippen molar-refractivity contribution in [3.05, 3.63) is 0 Å². The van der Waals surface area contributed by atoms with Gasteiger partial charge in [-0.25, -0.2) is 4.79 Å². The second kappa shape index (κ2) is 13.5. The lowest BCUT2D eigenvalue weighted by atomic mass is 9.94. The summed E-state index contributed by atoms with van der Waals surface area (Å²) in [6.45, 7) is 2.33. The lowest BCUT2D eigenvalue weighted by molar-refractivity contribution is -0.147. The molecule has 0 fully saturated rings. The quantitative estimate of drug-likeness (QED) is 0.152. The van der Waals surface area contributed by atoms with E-state index in [-0.39, 0.29) is 0 Å². The Morgan fingerprint density at radius 2 is 1.09 bits per heavy atom. The van der Waals surface area contributed by atoms with Crippen LogP contribution in [0.3, 0.4) is 0 Å². The van der Waals surface area contributed by atoms with Crippen molar-refractivity contribution in [1.82, 2.24) is 10.6 Å². The predicted molar refractivity (Wildman–Crippen MR) is 106 cm³/mol. The van der Waals surface area contributed by atoms with Crippen LogP contribution in [0.4, 0.5) is 0 Å². The molecular formula is C19H26N2O12. The molecule has 0 rings (SSSR count).